The number of methoxy groups -OCH3 is 1. The van der Waals surface area contributed by atoms with Crippen LogP contribution in [0.4, 0.5) is 0 Å². The summed E-state index contributed by atoms with van der Waals surface area (Å²) in [6.07, 6.45) is 4.56. The molecule has 0 aliphatic carbocycles. The molecule has 0 aliphatic heterocycles. The van der Waals surface area contributed by atoms with Gasteiger partial charge in [-0.15, -0.1) is 0 Å². The van der Waals surface area contributed by atoms with E-state index in [4.69, 9.17) is 21.1 Å². The molecule has 0 bridgehead atoms. The molecule has 0 saturated carbocycles. The van der Waals surface area contributed by atoms with Crippen LogP contribution in [0.25, 0.3) is 17.0 Å². The van der Waals surface area contributed by atoms with Crippen LogP contribution in [-0.2, 0) is 4.74 Å². The first-order valence-corrected chi connectivity index (χ1v) is 9.66. The minimum Gasteiger partial charge on any atom is -0.479 e. The Morgan fingerprint density at radius 1 is 1.16 bits per heavy atom. The van der Waals surface area contributed by atoms with Crippen LogP contribution in [0.2, 0.25) is 5.02 Å². The molecule has 162 valence electrons. The molecule has 31 heavy (non-hydrogen) atoms. The number of carbonyl (C=O) groups is 1. The average Bonchev–Trinajstić information content (AvgIpc) is 3.41. The van der Waals surface area contributed by atoms with E-state index >= 15 is 0 Å². The van der Waals surface area contributed by atoms with Crippen molar-refractivity contribution in [1.29, 1.82) is 0 Å². The third kappa shape index (κ3) is 4.35. The van der Waals surface area contributed by atoms with Crippen LogP contribution in [0, 0.1) is 0 Å². The molecule has 0 N–H and O–H groups in total. The van der Waals surface area contributed by atoms with Crippen LogP contribution in [-0.4, -0.2) is 49.2 Å². The van der Waals surface area contributed by atoms with Crippen molar-refractivity contribution >= 4 is 42.1 Å². The first-order valence-electron chi connectivity index (χ1n) is 9.28. The Bertz CT molecular complexity index is 1210. The Balaban J connectivity index is 0.00000272. The third-order valence-corrected chi connectivity index (χ3v) is 4.86. The lowest BCUT2D eigenvalue weighted by Crippen LogP contribution is -2.10. The van der Waals surface area contributed by atoms with Gasteiger partial charge in [-0.1, -0.05) is 23.7 Å². The largest absolute Gasteiger partial charge is 0.479 e. The zero-order valence-electron chi connectivity index (χ0n) is 17.1. The summed E-state index contributed by atoms with van der Waals surface area (Å²) in [5, 5.41) is 9.33. The zero-order valence-corrected chi connectivity index (χ0v) is 18.9. The summed E-state index contributed by atoms with van der Waals surface area (Å²) < 4.78 is 13.7. The van der Waals surface area contributed by atoms with Crippen molar-refractivity contribution in [3.63, 3.8) is 0 Å². The molecule has 1 atom stereocenters. The molecule has 0 aliphatic rings. The summed E-state index contributed by atoms with van der Waals surface area (Å²) in [6, 6.07) is 7.47. The highest BCUT2D eigenvalue weighted by Crippen LogP contribution is 2.29. The van der Waals surface area contributed by atoms with Crippen molar-refractivity contribution in [2.75, 3.05) is 13.7 Å². The Hall–Kier alpha value is -3.11. The standard InChI is InChI=1S/C20H19ClN6O3.H2S/c1-4-30-19(28)14-9-22-26(11-14)20-24-16-10-23-27(17(16)18(25-20)29-3)12(2)13-5-7-15(21)8-6-13;/h5-12H,4H2,1-3H3;1H2/t12-;/m0./s1. The van der Waals surface area contributed by atoms with Gasteiger partial charge in [0.1, 0.15) is 11.0 Å². The Morgan fingerprint density at radius 3 is 2.58 bits per heavy atom. The highest BCUT2D eigenvalue weighted by atomic mass is 35.5. The van der Waals surface area contributed by atoms with E-state index in [9.17, 15) is 4.79 Å². The van der Waals surface area contributed by atoms with Gasteiger partial charge >= 0.3 is 5.97 Å². The summed E-state index contributed by atoms with van der Waals surface area (Å²) in [5.41, 5.74) is 2.58. The number of hydrogen-bond acceptors (Lipinski definition) is 7. The molecular formula is C20H21ClN6O3S. The second-order valence-corrected chi connectivity index (χ2v) is 6.91. The lowest BCUT2D eigenvalue weighted by atomic mass is 10.1. The molecule has 0 radical (unpaired) electrons. The number of rotatable bonds is 6. The van der Waals surface area contributed by atoms with Gasteiger partial charge in [0.05, 0.1) is 37.7 Å². The van der Waals surface area contributed by atoms with Crippen molar-refractivity contribution in [3.05, 3.63) is 59.0 Å². The Labute approximate surface area is 190 Å². The molecule has 4 rings (SSSR count). The zero-order chi connectivity index (χ0) is 21.3. The first-order chi connectivity index (χ1) is 14.5. The molecule has 3 aromatic heterocycles. The maximum atomic E-state index is 11.9. The fraction of sp³-hybridized carbons (Fsp3) is 0.250. The quantitative estimate of drug-likeness (QED) is 0.406. The predicted molar refractivity (Wildman–Crippen MR) is 121 cm³/mol. The smallest absolute Gasteiger partial charge is 0.341 e. The normalized spacial score (nSPS) is 11.7. The molecule has 11 heteroatoms. The molecular weight excluding hydrogens is 440 g/mol. The van der Waals surface area contributed by atoms with Gasteiger partial charge in [0, 0.05) is 11.2 Å². The third-order valence-electron chi connectivity index (χ3n) is 4.61. The number of carbonyl (C=O) groups excluding carboxylic acids is 1. The molecule has 0 spiro atoms. The maximum absolute atomic E-state index is 11.9. The van der Waals surface area contributed by atoms with Gasteiger partial charge in [-0.25, -0.2) is 14.5 Å². The number of benzene rings is 1. The Morgan fingerprint density at radius 2 is 1.90 bits per heavy atom. The van der Waals surface area contributed by atoms with Crippen molar-refractivity contribution in [1.82, 2.24) is 29.5 Å². The van der Waals surface area contributed by atoms with E-state index in [-0.39, 0.29) is 32.1 Å². The van der Waals surface area contributed by atoms with Gasteiger partial charge in [-0.05, 0) is 31.5 Å². The molecule has 9 nitrogen and oxygen atoms in total. The van der Waals surface area contributed by atoms with Gasteiger partial charge in [0.15, 0.2) is 0 Å². The first kappa shape index (κ1) is 22.6. The molecule has 0 fully saturated rings. The summed E-state index contributed by atoms with van der Waals surface area (Å²) in [4.78, 5) is 20.9. The Kier molecular flexibility index (Phi) is 6.81. The minimum absolute atomic E-state index is 0. The highest BCUT2D eigenvalue weighted by Gasteiger charge is 2.20. The molecule has 1 aromatic carbocycles. The number of fused-ring (bicyclic) bond motifs is 1. The second kappa shape index (κ2) is 9.36. The van der Waals surface area contributed by atoms with Crippen LogP contribution in [0.1, 0.15) is 35.8 Å². The van der Waals surface area contributed by atoms with Crippen LogP contribution < -0.4 is 4.74 Å². The highest BCUT2D eigenvalue weighted by molar-refractivity contribution is 7.59. The number of aromatic nitrogens is 6. The van der Waals surface area contributed by atoms with E-state index in [1.54, 1.807) is 17.8 Å². The number of ether oxygens (including phenoxy) is 2. The molecule has 3 heterocycles. The van der Waals surface area contributed by atoms with Crippen molar-refractivity contribution in [2.24, 2.45) is 0 Å². The molecule has 4 aromatic rings. The van der Waals surface area contributed by atoms with E-state index in [1.807, 2.05) is 31.2 Å². The fourth-order valence-corrected chi connectivity index (χ4v) is 3.22. The summed E-state index contributed by atoms with van der Waals surface area (Å²) in [5.74, 6) is 0.150. The van der Waals surface area contributed by atoms with E-state index in [0.29, 0.717) is 27.5 Å². The molecule has 0 unspecified atom stereocenters. The lowest BCUT2D eigenvalue weighted by molar-refractivity contribution is 0.0526. The van der Waals surface area contributed by atoms with E-state index < -0.39 is 5.97 Å². The minimum atomic E-state index is -0.457. The monoisotopic (exact) mass is 460 g/mol. The fourth-order valence-electron chi connectivity index (χ4n) is 3.09. The lowest BCUT2D eigenvalue weighted by Gasteiger charge is -2.15. The van der Waals surface area contributed by atoms with E-state index in [0.717, 1.165) is 5.56 Å². The second-order valence-electron chi connectivity index (χ2n) is 6.48. The average molecular weight is 461 g/mol. The number of halogens is 1. The van der Waals surface area contributed by atoms with Gasteiger partial charge in [0.2, 0.25) is 5.88 Å². The van der Waals surface area contributed by atoms with E-state index in [1.165, 1.54) is 24.2 Å². The topological polar surface area (TPSA) is 97.0 Å². The molecule has 0 saturated heterocycles. The van der Waals surface area contributed by atoms with Crippen molar-refractivity contribution in [3.8, 4) is 11.8 Å². The van der Waals surface area contributed by atoms with Crippen molar-refractivity contribution in [2.45, 2.75) is 19.9 Å². The summed E-state index contributed by atoms with van der Waals surface area (Å²) >= 11 is 6.00. The molecule has 0 amide bonds. The number of esters is 1. The van der Waals surface area contributed by atoms with Crippen molar-refractivity contribution < 1.29 is 14.3 Å². The SMILES string of the molecule is CCOC(=O)c1cnn(-c2nc(OC)c3c(cnn3[C@@H](C)c3ccc(Cl)cc3)n2)c1.S. The van der Waals surface area contributed by atoms with Crippen LogP contribution in [0.3, 0.4) is 0 Å². The maximum Gasteiger partial charge on any atom is 0.341 e. The van der Waals surface area contributed by atoms with Gasteiger partial charge in [-0.2, -0.15) is 28.7 Å². The number of hydrogen-bond donors (Lipinski definition) is 0. The van der Waals surface area contributed by atoms with E-state index in [2.05, 4.69) is 20.2 Å². The van der Waals surface area contributed by atoms with Gasteiger partial charge < -0.3 is 9.47 Å². The van der Waals surface area contributed by atoms with Gasteiger partial charge in [0.25, 0.3) is 5.95 Å². The van der Waals surface area contributed by atoms with Gasteiger partial charge in [-0.3, -0.25) is 4.68 Å². The predicted octanol–water partition coefficient (Wildman–Crippen LogP) is 3.57. The van der Waals surface area contributed by atoms with Crippen LogP contribution in [0.15, 0.2) is 42.9 Å². The summed E-state index contributed by atoms with van der Waals surface area (Å²) in [6.45, 7) is 4.04. The summed E-state index contributed by atoms with van der Waals surface area (Å²) in [7, 11) is 1.53. The number of nitrogens with zero attached hydrogens (tertiary/aromatic N) is 6. The van der Waals surface area contributed by atoms with Crippen LogP contribution >= 0.6 is 25.1 Å². The van der Waals surface area contributed by atoms with Crippen LogP contribution in [0.5, 0.6) is 5.88 Å².